The number of carbonyl (C=O) groups is 2. The van der Waals surface area contributed by atoms with Crippen molar-refractivity contribution < 1.29 is 19.2 Å². The fourth-order valence-electron chi connectivity index (χ4n) is 4.54. The lowest BCUT2D eigenvalue weighted by molar-refractivity contribution is -0.114. The van der Waals surface area contributed by atoms with Crippen LogP contribution >= 0.6 is 23.2 Å². The molecule has 0 saturated carbocycles. The van der Waals surface area contributed by atoms with E-state index >= 15 is 0 Å². The van der Waals surface area contributed by atoms with E-state index in [4.69, 9.17) is 32.8 Å². The molecule has 4 aromatic carbocycles. The standard InChI is InChI=1S/C19H22N2O3.C18H12Cl2N2O/c1-13-9-10-14(2)17(11-13)24-12-15-7-5-6-8-16(15)18(21-23-4)19(22)20-3;19-13-9-7-12(8-10-13)14-4-1-2-6-16(14)22-18(23)15-5-3-11-21-17(15)20/h5-11H,12H2,1-4H3,(H,20,22);1-11H,(H,22,23)/b21-18+;. The average molecular weight is 670 g/mol. The van der Waals surface area contributed by atoms with Gasteiger partial charge in [0, 0.05) is 35.1 Å². The van der Waals surface area contributed by atoms with E-state index in [9.17, 15) is 9.59 Å². The molecule has 0 aliphatic rings. The first-order valence-electron chi connectivity index (χ1n) is 14.6. The summed E-state index contributed by atoms with van der Waals surface area (Å²) in [5.41, 5.74) is 6.85. The molecule has 2 amide bonds. The van der Waals surface area contributed by atoms with Gasteiger partial charge in [-0.15, -0.1) is 0 Å². The highest BCUT2D eigenvalue weighted by molar-refractivity contribution is 6.45. The van der Waals surface area contributed by atoms with E-state index in [1.165, 1.54) is 7.11 Å². The molecule has 0 saturated heterocycles. The molecule has 5 aromatic rings. The second kappa shape index (κ2) is 16.9. The van der Waals surface area contributed by atoms with Crippen molar-refractivity contribution in [3.8, 4) is 16.9 Å². The number of nitrogens with zero attached hydrogens (tertiary/aromatic N) is 2. The lowest BCUT2D eigenvalue weighted by atomic mass is 10.0. The smallest absolute Gasteiger partial charge is 0.273 e. The number of anilines is 1. The molecule has 0 fully saturated rings. The summed E-state index contributed by atoms with van der Waals surface area (Å²) < 4.78 is 5.96. The first kappa shape index (κ1) is 34.7. The number of rotatable bonds is 9. The van der Waals surface area contributed by atoms with Crippen molar-refractivity contribution in [3.05, 3.63) is 147 Å². The first-order chi connectivity index (χ1) is 22.7. The number of para-hydroxylation sites is 1. The molecule has 0 bridgehead atoms. The summed E-state index contributed by atoms with van der Waals surface area (Å²) in [5.74, 6) is 0.218. The SMILES string of the molecule is CNC(=O)/C(=N/OC)c1ccccc1COc1cc(C)ccc1C.O=C(Nc1ccccc1-c1ccc(Cl)cc1)c1cccnc1Cl. The van der Waals surface area contributed by atoms with Crippen LogP contribution in [-0.4, -0.2) is 36.7 Å². The molecular formula is C37H34Cl2N4O4. The number of benzene rings is 4. The number of halogens is 2. The zero-order valence-corrected chi connectivity index (χ0v) is 27.9. The normalized spacial score (nSPS) is 10.7. The van der Waals surface area contributed by atoms with Gasteiger partial charge in [-0.2, -0.15) is 0 Å². The molecule has 2 N–H and O–H groups in total. The molecule has 5 rings (SSSR count). The summed E-state index contributed by atoms with van der Waals surface area (Å²) >= 11 is 11.9. The minimum atomic E-state index is -0.309. The van der Waals surface area contributed by atoms with Crippen LogP contribution in [0.5, 0.6) is 5.75 Å². The summed E-state index contributed by atoms with van der Waals surface area (Å²) in [5, 5.41) is 10.2. The second-order valence-electron chi connectivity index (χ2n) is 10.3. The maximum atomic E-state index is 12.4. The van der Waals surface area contributed by atoms with E-state index < -0.39 is 0 Å². The maximum Gasteiger partial charge on any atom is 0.273 e. The number of hydrogen-bond donors (Lipinski definition) is 2. The van der Waals surface area contributed by atoms with Crippen LogP contribution in [0.4, 0.5) is 5.69 Å². The van der Waals surface area contributed by atoms with Gasteiger partial charge in [0.05, 0.1) is 5.56 Å². The molecule has 0 radical (unpaired) electrons. The van der Waals surface area contributed by atoms with Gasteiger partial charge in [-0.05, 0) is 72.5 Å². The van der Waals surface area contributed by atoms with Crippen LogP contribution in [0, 0.1) is 13.8 Å². The Kier molecular flexibility index (Phi) is 12.5. The fraction of sp³-hybridized carbons (Fsp3) is 0.135. The van der Waals surface area contributed by atoms with Gasteiger partial charge < -0.3 is 20.2 Å². The summed E-state index contributed by atoms with van der Waals surface area (Å²) in [6.45, 7) is 4.36. The third-order valence-corrected chi connectivity index (χ3v) is 7.51. The zero-order valence-electron chi connectivity index (χ0n) is 26.4. The monoisotopic (exact) mass is 668 g/mol. The van der Waals surface area contributed by atoms with E-state index in [0.717, 1.165) is 33.6 Å². The Morgan fingerprint density at radius 3 is 2.28 bits per heavy atom. The van der Waals surface area contributed by atoms with Crippen molar-refractivity contribution in [1.82, 2.24) is 10.3 Å². The van der Waals surface area contributed by atoms with Gasteiger partial charge in [-0.1, -0.05) is 95.1 Å². The van der Waals surface area contributed by atoms with Crippen LogP contribution in [0.1, 0.15) is 32.6 Å². The van der Waals surface area contributed by atoms with E-state index in [1.54, 1.807) is 25.4 Å². The number of likely N-dealkylation sites (N-methyl/N-ethyl adjacent to an activating group) is 1. The van der Waals surface area contributed by atoms with E-state index in [2.05, 4.69) is 20.8 Å². The topological polar surface area (TPSA) is 102 Å². The number of aromatic nitrogens is 1. The number of nitrogens with one attached hydrogen (secondary N) is 2. The Hall–Kier alpha value is -5.18. The molecule has 1 aromatic heterocycles. The Bertz CT molecular complexity index is 1880. The summed E-state index contributed by atoms with van der Waals surface area (Å²) in [7, 11) is 2.97. The molecule has 0 unspecified atom stereocenters. The highest BCUT2D eigenvalue weighted by atomic mass is 35.5. The zero-order chi connectivity index (χ0) is 33.8. The largest absolute Gasteiger partial charge is 0.489 e. The Morgan fingerprint density at radius 2 is 1.55 bits per heavy atom. The Labute approximate surface area is 284 Å². The molecule has 0 aliphatic carbocycles. The quantitative estimate of drug-likeness (QED) is 0.0935. The number of ether oxygens (including phenoxy) is 1. The number of hydrogen-bond acceptors (Lipinski definition) is 6. The minimum Gasteiger partial charge on any atom is -0.489 e. The predicted octanol–water partition coefficient (Wildman–Crippen LogP) is 8.29. The van der Waals surface area contributed by atoms with Crippen molar-refractivity contribution in [2.45, 2.75) is 20.5 Å². The van der Waals surface area contributed by atoms with Gasteiger partial charge in [0.15, 0.2) is 5.71 Å². The van der Waals surface area contributed by atoms with Crippen LogP contribution in [0.3, 0.4) is 0 Å². The van der Waals surface area contributed by atoms with Gasteiger partial charge >= 0.3 is 0 Å². The minimum absolute atomic E-state index is 0.175. The van der Waals surface area contributed by atoms with Gasteiger partial charge in [0.25, 0.3) is 11.8 Å². The Balaban J connectivity index is 0.000000213. The first-order valence-corrected chi connectivity index (χ1v) is 15.4. The van der Waals surface area contributed by atoms with Crippen molar-refractivity contribution in [2.75, 3.05) is 19.5 Å². The second-order valence-corrected chi connectivity index (χ2v) is 11.1. The molecule has 8 nitrogen and oxygen atoms in total. The van der Waals surface area contributed by atoms with Crippen LogP contribution in [-0.2, 0) is 16.2 Å². The molecule has 0 spiro atoms. The summed E-state index contributed by atoms with van der Waals surface area (Å²) in [6, 6.07) is 31.9. The van der Waals surface area contributed by atoms with Crippen molar-refractivity contribution >= 4 is 46.4 Å². The van der Waals surface area contributed by atoms with Crippen LogP contribution in [0.25, 0.3) is 11.1 Å². The van der Waals surface area contributed by atoms with Crippen LogP contribution < -0.4 is 15.4 Å². The number of pyridine rings is 1. The average Bonchev–Trinajstić information content (AvgIpc) is 3.08. The third-order valence-electron chi connectivity index (χ3n) is 6.96. The van der Waals surface area contributed by atoms with Crippen molar-refractivity contribution in [1.29, 1.82) is 0 Å². The van der Waals surface area contributed by atoms with E-state index in [0.29, 0.717) is 28.4 Å². The predicted molar refractivity (Wildman–Crippen MR) is 188 cm³/mol. The number of oxime groups is 1. The van der Waals surface area contributed by atoms with E-state index in [1.807, 2.05) is 105 Å². The molecule has 240 valence electrons. The molecule has 10 heteroatoms. The number of amides is 2. The van der Waals surface area contributed by atoms with Gasteiger partial charge in [0.2, 0.25) is 0 Å². The maximum absolute atomic E-state index is 12.4. The lowest BCUT2D eigenvalue weighted by Gasteiger charge is -2.13. The van der Waals surface area contributed by atoms with Crippen LogP contribution in [0.2, 0.25) is 10.2 Å². The molecule has 0 aliphatic heterocycles. The highest BCUT2D eigenvalue weighted by Crippen LogP contribution is 2.29. The summed E-state index contributed by atoms with van der Waals surface area (Å²) in [6.07, 6.45) is 1.54. The number of aryl methyl sites for hydroxylation is 2. The Morgan fingerprint density at radius 1 is 0.851 bits per heavy atom. The molecule has 47 heavy (non-hydrogen) atoms. The van der Waals surface area contributed by atoms with Crippen molar-refractivity contribution in [3.63, 3.8) is 0 Å². The molecule has 0 atom stereocenters. The summed E-state index contributed by atoms with van der Waals surface area (Å²) in [4.78, 5) is 33.2. The van der Waals surface area contributed by atoms with Gasteiger partial charge in [0.1, 0.15) is 24.6 Å². The fourth-order valence-corrected chi connectivity index (χ4v) is 4.87. The van der Waals surface area contributed by atoms with Gasteiger partial charge in [-0.3, -0.25) is 9.59 Å². The number of carbonyl (C=O) groups excluding carboxylic acids is 2. The third kappa shape index (κ3) is 9.42. The van der Waals surface area contributed by atoms with E-state index in [-0.39, 0.29) is 22.7 Å². The van der Waals surface area contributed by atoms with Gasteiger partial charge in [-0.25, -0.2) is 4.98 Å². The lowest BCUT2D eigenvalue weighted by Crippen LogP contribution is -2.29. The highest BCUT2D eigenvalue weighted by Gasteiger charge is 2.18. The molecule has 1 heterocycles. The van der Waals surface area contributed by atoms with Crippen LogP contribution in [0.15, 0.2) is 114 Å². The molecular weight excluding hydrogens is 635 g/mol. The van der Waals surface area contributed by atoms with Crippen molar-refractivity contribution in [2.24, 2.45) is 5.16 Å².